The van der Waals surface area contributed by atoms with Gasteiger partial charge in [-0.3, -0.25) is 4.79 Å². The van der Waals surface area contributed by atoms with Crippen molar-refractivity contribution in [2.75, 3.05) is 13.3 Å². The molecule has 1 fully saturated rings. The summed E-state index contributed by atoms with van der Waals surface area (Å²) >= 11 is 1.25. The van der Waals surface area contributed by atoms with Gasteiger partial charge < -0.3 is 19.5 Å². The molecular weight excluding hydrogens is 332 g/mol. The Balaban J connectivity index is 1.58. The van der Waals surface area contributed by atoms with Gasteiger partial charge in [0.2, 0.25) is 6.79 Å². The molecule has 0 spiro atoms. The average molecular weight is 346 g/mol. The number of hydrogen-bond acceptors (Lipinski definition) is 6. The normalized spacial score (nSPS) is 18.8. The summed E-state index contributed by atoms with van der Waals surface area (Å²) in [5.74, 6) is 0.111. The quantitative estimate of drug-likeness (QED) is 0.917. The zero-order chi connectivity index (χ0) is 16.7. The maximum Gasteiger partial charge on any atom is 0.326 e. The summed E-state index contributed by atoms with van der Waals surface area (Å²) in [6.45, 7) is 0.666. The molecule has 1 aromatic heterocycles. The van der Waals surface area contributed by atoms with Crippen molar-refractivity contribution >= 4 is 23.2 Å². The maximum atomic E-state index is 12.6. The molecule has 2 aromatic rings. The number of rotatable bonds is 3. The van der Waals surface area contributed by atoms with Crippen LogP contribution in [0, 0.1) is 0 Å². The number of fused-ring (bicyclic) bond motifs is 1. The molecule has 4 rings (SSSR count). The van der Waals surface area contributed by atoms with Crippen LogP contribution >= 0.6 is 11.3 Å². The number of nitrogens with zero attached hydrogens (tertiary/aromatic N) is 2. The van der Waals surface area contributed by atoms with Crippen molar-refractivity contribution in [3.8, 4) is 22.1 Å². The summed E-state index contributed by atoms with van der Waals surface area (Å²) in [5.41, 5.74) is 0.833. The number of likely N-dealkylation sites (tertiary alicyclic amines) is 1. The van der Waals surface area contributed by atoms with Gasteiger partial charge >= 0.3 is 5.97 Å². The van der Waals surface area contributed by atoms with Crippen molar-refractivity contribution in [1.82, 2.24) is 9.88 Å². The summed E-state index contributed by atoms with van der Waals surface area (Å²) in [5, 5.41) is 9.90. The molecule has 8 heteroatoms. The first-order valence-corrected chi connectivity index (χ1v) is 8.35. The Morgan fingerprint density at radius 2 is 2.12 bits per heavy atom. The van der Waals surface area contributed by atoms with E-state index in [2.05, 4.69) is 4.98 Å². The first-order chi connectivity index (χ1) is 11.6. The molecule has 124 valence electrons. The van der Waals surface area contributed by atoms with Crippen LogP contribution in [0.5, 0.6) is 11.5 Å². The second kappa shape index (κ2) is 5.79. The second-order valence-corrected chi connectivity index (χ2v) is 6.62. The molecule has 7 nitrogen and oxygen atoms in total. The van der Waals surface area contributed by atoms with Gasteiger partial charge in [-0.15, -0.1) is 11.3 Å². The lowest BCUT2D eigenvalue weighted by atomic mass is 10.2. The van der Waals surface area contributed by atoms with E-state index in [-0.39, 0.29) is 12.7 Å². The molecule has 0 saturated carbocycles. The lowest BCUT2D eigenvalue weighted by molar-refractivity contribution is -0.141. The molecule has 2 aliphatic rings. The Morgan fingerprint density at radius 1 is 1.29 bits per heavy atom. The zero-order valence-corrected chi connectivity index (χ0v) is 13.4. The second-order valence-electron chi connectivity index (χ2n) is 5.59. The number of benzene rings is 1. The fourth-order valence-electron chi connectivity index (χ4n) is 2.94. The lowest BCUT2D eigenvalue weighted by Crippen LogP contribution is -2.40. The summed E-state index contributed by atoms with van der Waals surface area (Å²) < 4.78 is 10.6. The van der Waals surface area contributed by atoms with Crippen molar-refractivity contribution in [3.63, 3.8) is 0 Å². The van der Waals surface area contributed by atoms with Crippen LogP contribution in [0.3, 0.4) is 0 Å². The standard InChI is InChI=1S/C16H14N2O5S/c19-15(18-5-1-2-10(18)16(20)21)13-7-17-14(24-13)9-3-4-11-12(6-9)23-8-22-11/h3-4,6-7,10H,1-2,5,8H2,(H,20,21)/t10-/m0/s1. The fraction of sp³-hybridized carbons (Fsp3) is 0.312. The number of ether oxygens (including phenoxy) is 2. The third kappa shape index (κ3) is 2.48. The van der Waals surface area contributed by atoms with Crippen LogP contribution in [0.4, 0.5) is 0 Å². The van der Waals surface area contributed by atoms with Gasteiger partial charge in [0, 0.05) is 12.1 Å². The van der Waals surface area contributed by atoms with E-state index >= 15 is 0 Å². The van der Waals surface area contributed by atoms with Crippen molar-refractivity contribution in [1.29, 1.82) is 0 Å². The molecule has 0 aliphatic carbocycles. The van der Waals surface area contributed by atoms with Crippen LogP contribution in [-0.2, 0) is 4.79 Å². The summed E-state index contributed by atoms with van der Waals surface area (Å²) in [4.78, 5) is 30.0. The van der Waals surface area contributed by atoms with E-state index < -0.39 is 12.0 Å². The maximum absolute atomic E-state index is 12.6. The van der Waals surface area contributed by atoms with Crippen molar-refractivity contribution in [3.05, 3.63) is 29.3 Å². The van der Waals surface area contributed by atoms with Gasteiger partial charge in [0.25, 0.3) is 5.91 Å². The molecule has 1 atom stereocenters. The minimum atomic E-state index is -0.957. The van der Waals surface area contributed by atoms with Gasteiger partial charge in [0.05, 0.1) is 6.20 Å². The third-order valence-corrected chi connectivity index (χ3v) is 5.17. The number of carboxylic acids is 1. The van der Waals surface area contributed by atoms with E-state index in [1.165, 1.54) is 22.4 Å². The Morgan fingerprint density at radius 3 is 2.96 bits per heavy atom. The van der Waals surface area contributed by atoms with Crippen LogP contribution in [0.15, 0.2) is 24.4 Å². The Bertz CT molecular complexity index is 819. The number of amides is 1. The van der Waals surface area contributed by atoms with Crippen LogP contribution in [0.1, 0.15) is 22.5 Å². The SMILES string of the molecule is O=C(O)[C@@H]1CCCN1C(=O)c1cnc(-c2ccc3c(c2)OCO3)s1. The third-order valence-electron chi connectivity index (χ3n) is 4.13. The van der Waals surface area contributed by atoms with E-state index in [4.69, 9.17) is 9.47 Å². The molecule has 0 radical (unpaired) electrons. The number of aromatic nitrogens is 1. The van der Waals surface area contributed by atoms with E-state index in [9.17, 15) is 14.7 Å². The minimum Gasteiger partial charge on any atom is -0.480 e. The molecule has 0 unspecified atom stereocenters. The van der Waals surface area contributed by atoms with Crippen LogP contribution in [0.2, 0.25) is 0 Å². The van der Waals surface area contributed by atoms with Gasteiger partial charge in [-0.2, -0.15) is 0 Å². The molecule has 1 aromatic carbocycles. The molecule has 0 bridgehead atoms. The monoisotopic (exact) mass is 346 g/mol. The van der Waals surface area contributed by atoms with Gasteiger partial charge in [-0.1, -0.05) is 0 Å². The number of carbonyl (C=O) groups excluding carboxylic acids is 1. The van der Waals surface area contributed by atoms with Crippen LogP contribution < -0.4 is 9.47 Å². The topological polar surface area (TPSA) is 89.0 Å². The van der Waals surface area contributed by atoms with Crippen molar-refractivity contribution in [2.45, 2.75) is 18.9 Å². The predicted molar refractivity (Wildman–Crippen MR) is 85.4 cm³/mol. The highest BCUT2D eigenvalue weighted by molar-refractivity contribution is 7.16. The average Bonchev–Trinajstić information content (AvgIpc) is 3.31. The van der Waals surface area contributed by atoms with Gasteiger partial charge in [-0.05, 0) is 31.0 Å². The van der Waals surface area contributed by atoms with Gasteiger partial charge in [-0.25, -0.2) is 9.78 Å². The van der Waals surface area contributed by atoms with Gasteiger partial charge in [0.1, 0.15) is 15.9 Å². The summed E-state index contributed by atoms with van der Waals surface area (Å²) in [7, 11) is 0. The number of hydrogen-bond donors (Lipinski definition) is 1. The molecule has 2 aliphatic heterocycles. The highest BCUT2D eigenvalue weighted by Gasteiger charge is 2.35. The Kier molecular flexibility index (Phi) is 3.61. The molecule has 1 N–H and O–H groups in total. The van der Waals surface area contributed by atoms with Crippen LogP contribution in [-0.4, -0.2) is 46.2 Å². The van der Waals surface area contributed by atoms with Gasteiger partial charge in [0.15, 0.2) is 11.5 Å². The summed E-state index contributed by atoms with van der Waals surface area (Å²) in [6, 6.07) is 4.75. The van der Waals surface area contributed by atoms with Crippen molar-refractivity contribution in [2.24, 2.45) is 0 Å². The Hall–Kier alpha value is -2.61. The van der Waals surface area contributed by atoms with E-state index in [1.807, 2.05) is 18.2 Å². The number of carbonyl (C=O) groups is 2. The first-order valence-electron chi connectivity index (χ1n) is 7.53. The Labute approximate surface area is 141 Å². The van der Waals surface area contributed by atoms with E-state index in [1.54, 1.807) is 0 Å². The molecule has 3 heterocycles. The number of thiazole rings is 1. The minimum absolute atomic E-state index is 0.200. The highest BCUT2D eigenvalue weighted by Crippen LogP contribution is 2.37. The highest BCUT2D eigenvalue weighted by atomic mass is 32.1. The number of carboxylic acid groups (broad SMARTS) is 1. The van der Waals surface area contributed by atoms with E-state index in [0.29, 0.717) is 40.8 Å². The number of aliphatic carboxylic acids is 1. The summed E-state index contributed by atoms with van der Waals surface area (Å²) in [6.07, 6.45) is 2.70. The van der Waals surface area contributed by atoms with Crippen LogP contribution in [0.25, 0.3) is 10.6 Å². The fourth-order valence-corrected chi connectivity index (χ4v) is 3.81. The lowest BCUT2D eigenvalue weighted by Gasteiger charge is -2.20. The molecule has 24 heavy (non-hydrogen) atoms. The molecule has 1 saturated heterocycles. The molecular formula is C16H14N2O5S. The van der Waals surface area contributed by atoms with E-state index in [0.717, 1.165) is 5.56 Å². The smallest absolute Gasteiger partial charge is 0.326 e. The van der Waals surface area contributed by atoms with Crippen molar-refractivity contribution < 1.29 is 24.2 Å². The first kappa shape index (κ1) is 14.9. The zero-order valence-electron chi connectivity index (χ0n) is 12.6. The largest absolute Gasteiger partial charge is 0.480 e. The predicted octanol–water partition coefficient (Wildman–Crippen LogP) is 2.23. The molecule has 1 amide bonds.